The smallest absolute Gasteiger partial charge is 0.0701 e. The Morgan fingerprint density at radius 1 is 1.20 bits per heavy atom. The molecule has 1 aliphatic rings. The number of ether oxygens (including phenoxy) is 2. The summed E-state index contributed by atoms with van der Waals surface area (Å²) in [6, 6.07) is 0.576. The minimum atomic E-state index is 0.576. The molecule has 0 amide bonds. The fourth-order valence-corrected chi connectivity index (χ4v) is 1.66. The summed E-state index contributed by atoms with van der Waals surface area (Å²) in [5, 5.41) is 3.56. The van der Waals surface area contributed by atoms with Crippen LogP contribution in [0.15, 0.2) is 0 Å². The highest BCUT2D eigenvalue weighted by atomic mass is 16.5. The molecular formula is C12H25NO2. The first-order chi connectivity index (χ1) is 7.38. The summed E-state index contributed by atoms with van der Waals surface area (Å²) in [5.74, 6) is 0.864. The van der Waals surface area contributed by atoms with E-state index in [-0.39, 0.29) is 0 Å². The van der Waals surface area contributed by atoms with E-state index in [1.54, 1.807) is 0 Å². The molecular weight excluding hydrogens is 190 g/mol. The minimum absolute atomic E-state index is 0.576. The van der Waals surface area contributed by atoms with Crippen LogP contribution in [-0.2, 0) is 9.47 Å². The number of hydrogen-bond donors (Lipinski definition) is 1. The zero-order valence-electron chi connectivity index (χ0n) is 10.1. The van der Waals surface area contributed by atoms with Crippen molar-refractivity contribution in [1.29, 1.82) is 0 Å². The van der Waals surface area contributed by atoms with Crippen molar-refractivity contribution in [3.8, 4) is 0 Å². The van der Waals surface area contributed by atoms with Gasteiger partial charge in [-0.15, -0.1) is 0 Å². The van der Waals surface area contributed by atoms with Gasteiger partial charge in [-0.25, -0.2) is 0 Å². The van der Waals surface area contributed by atoms with Gasteiger partial charge in [0, 0.05) is 12.6 Å². The lowest BCUT2D eigenvalue weighted by atomic mass is 10.2. The van der Waals surface area contributed by atoms with E-state index in [4.69, 9.17) is 9.47 Å². The summed E-state index contributed by atoms with van der Waals surface area (Å²) >= 11 is 0. The van der Waals surface area contributed by atoms with Crippen LogP contribution in [0.5, 0.6) is 0 Å². The zero-order chi connectivity index (χ0) is 10.9. The van der Waals surface area contributed by atoms with Gasteiger partial charge < -0.3 is 14.8 Å². The van der Waals surface area contributed by atoms with Crippen LogP contribution in [0, 0.1) is 5.92 Å². The molecule has 1 fully saturated rings. The van der Waals surface area contributed by atoms with Crippen LogP contribution < -0.4 is 5.32 Å². The van der Waals surface area contributed by atoms with Crippen molar-refractivity contribution < 1.29 is 9.47 Å². The van der Waals surface area contributed by atoms with Gasteiger partial charge in [0.1, 0.15) is 0 Å². The number of hydrogen-bond acceptors (Lipinski definition) is 3. The first-order valence-electron chi connectivity index (χ1n) is 6.27. The fourth-order valence-electron chi connectivity index (χ4n) is 1.66. The lowest BCUT2D eigenvalue weighted by Gasteiger charge is -2.17. The van der Waals surface area contributed by atoms with E-state index >= 15 is 0 Å². The van der Waals surface area contributed by atoms with Gasteiger partial charge in [-0.1, -0.05) is 6.92 Å². The Hall–Kier alpha value is -0.120. The molecule has 1 unspecified atom stereocenters. The topological polar surface area (TPSA) is 30.5 Å². The van der Waals surface area contributed by atoms with Gasteiger partial charge in [0.15, 0.2) is 0 Å². The number of rotatable bonds is 10. The third kappa shape index (κ3) is 6.13. The summed E-state index contributed by atoms with van der Waals surface area (Å²) in [6.07, 6.45) is 3.94. The summed E-state index contributed by atoms with van der Waals surface area (Å²) < 4.78 is 10.8. The predicted molar refractivity (Wildman–Crippen MR) is 62.1 cm³/mol. The van der Waals surface area contributed by atoms with Crippen molar-refractivity contribution in [3.63, 3.8) is 0 Å². The van der Waals surface area contributed by atoms with E-state index in [0.717, 1.165) is 38.9 Å². The highest BCUT2D eigenvalue weighted by molar-refractivity contribution is 4.86. The van der Waals surface area contributed by atoms with E-state index in [1.165, 1.54) is 19.3 Å². The molecule has 0 aromatic heterocycles. The third-order valence-electron chi connectivity index (χ3n) is 2.72. The van der Waals surface area contributed by atoms with Crippen LogP contribution in [0.2, 0.25) is 0 Å². The molecule has 90 valence electrons. The van der Waals surface area contributed by atoms with Crippen LogP contribution in [0.1, 0.15) is 33.1 Å². The summed E-state index contributed by atoms with van der Waals surface area (Å²) in [6.45, 7) is 8.40. The SMILES string of the molecule is CCCNC(COCCOCC)C1CC1. The lowest BCUT2D eigenvalue weighted by molar-refractivity contribution is 0.0410. The molecule has 3 heteroatoms. The maximum Gasteiger partial charge on any atom is 0.0701 e. The summed E-state index contributed by atoms with van der Waals surface area (Å²) in [7, 11) is 0. The van der Waals surface area contributed by atoms with Gasteiger partial charge in [-0.05, 0) is 38.6 Å². The van der Waals surface area contributed by atoms with Crippen molar-refractivity contribution in [2.75, 3.05) is 33.0 Å². The highest BCUT2D eigenvalue weighted by Gasteiger charge is 2.30. The Bertz CT molecular complexity index is 149. The monoisotopic (exact) mass is 215 g/mol. The first-order valence-corrected chi connectivity index (χ1v) is 6.27. The maximum atomic E-state index is 5.61. The summed E-state index contributed by atoms with van der Waals surface area (Å²) in [5.41, 5.74) is 0. The third-order valence-corrected chi connectivity index (χ3v) is 2.72. The van der Waals surface area contributed by atoms with E-state index in [2.05, 4.69) is 12.2 Å². The van der Waals surface area contributed by atoms with Gasteiger partial charge in [0.2, 0.25) is 0 Å². The molecule has 0 radical (unpaired) electrons. The van der Waals surface area contributed by atoms with Crippen LogP contribution in [0.3, 0.4) is 0 Å². The standard InChI is InChI=1S/C12H25NO2/c1-3-7-13-12(11-5-6-11)10-15-9-8-14-4-2/h11-13H,3-10H2,1-2H3. The largest absolute Gasteiger partial charge is 0.379 e. The van der Waals surface area contributed by atoms with Crippen LogP contribution in [-0.4, -0.2) is 39.0 Å². The number of nitrogens with one attached hydrogen (secondary N) is 1. The van der Waals surface area contributed by atoms with Crippen LogP contribution in [0.25, 0.3) is 0 Å². The molecule has 0 bridgehead atoms. The lowest BCUT2D eigenvalue weighted by Crippen LogP contribution is -2.36. The molecule has 0 heterocycles. The van der Waals surface area contributed by atoms with Gasteiger partial charge in [0.05, 0.1) is 19.8 Å². The van der Waals surface area contributed by atoms with E-state index < -0.39 is 0 Å². The summed E-state index contributed by atoms with van der Waals surface area (Å²) in [4.78, 5) is 0. The normalized spacial score (nSPS) is 18.0. The second kappa shape index (κ2) is 8.08. The molecule has 1 rings (SSSR count). The average molecular weight is 215 g/mol. The van der Waals surface area contributed by atoms with Crippen molar-refractivity contribution in [2.45, 2.75) is 39.2 Å². The Morgan fingerprint density at radius 2 is 1.93 bits per heavy atom. The van der Waals surface area contributed by atoms with Crippen molar-refractivity contribution in [3.05, 3.63) is 0 Å². The molecule has 0 saturated heterocycles. The molecule has 1 atom stereocenters. The Balaban J connectivity index is 1.98. The van der Waals surface area contributed by atoms with Gasteiger partial charge in [-0.2, -0.15) is 0 Å². The van der Waals surface area contributed by atoms with Gasteiger partial charge in [-0.3, -0.25) is 0 Å². The van der Waals surface area contributed by atoms with Gasteiger partial charge >= 0.3 is 0 Å². The predicted octanol–water partition coefficient (Wildman–Crippen LogP) is 1.82. The van der Waals surface area contributed by atoms with Gasteiger partial charge in [0.25, 0.3) is 0 Å². The van der Waals surface area contributed by atoms with Crippen molar-refractivity contribution >= 4 is 0 Å². The van der Waals surface area contributed by atoms with E-state index in [1.807, 2.05) is 6.92 Å². The zero-order valence-corrected chi connectivity index (χ0v) is 10.1. The highest BCUT2D eigenvalue weighted by Crippen LogP contribution is 2.32. The van der Waals surface area contributed by atoms with Crippen LogP contribution >= 0.6 is 0 Å². The average Bonchev–Trinajstić information content (AvgIpc) is 3.06. The van der Waals surface area contributed by atoms with Crippen molar-refractivity contribution in [1.82, 2.24) is 5.32 Å². The van der Waals surface area contributed by atoms with E-state index in [9.17, 15) is 0 Å². The second-order valence-electron chi connectivity index (χ2n) is 4.17. The first kappa shape index (κ1) is 12.9. The molecule has 1 saturated carbocycles. The second-order valence-corrected chi connectivity index (χ2v) is 4.17. The fraction of sp³-hybridized carbons (Fsp3) is 1.00. The molecule has 0 aliphatic heterocycles. The van der Waals surface area contributed by atoms with Crippen LogP contribution in [0.4, 0.5) is 0 Å². The molecule has 15 heavy (non-hydrogen) atoms. The molecule has 0 spiro atoms. The molecule has 0 aromatic carbocycles. The Morgan fingerprint density at radius 3 is 2.53 bits per heavy atom. The van der Waals surface area contributed by atoms with Crippen molar-refractivity contribution in [2.24, 2.45) is 5.92 Å². The molecule has 3 nitrogen and oxygen atoms in total. The molecule has 1 N–H and O–H groups in total. The van der Waals surface area contributed by atoms with E-state index in [0.29, 0.717) is 6.04 Å². The minimum Gasteiger partial charge on any atom is -0.379 e. The Labute approximate surface area is 93.5 Å². The quantitative estimate of drug-likeness (QED) is 0.564. The Kier molecular flexibility index (Phi) is 6.98. The maximum absolute atomic E-state index is 5.61. The molecule has 1 aliphatic carbocycles. The molecule has 0 aromatic rings.